The number of sulfone groups is 1. The van der Waals surface area contributed by atoms with Gasteiger partial charge < -0.3 is 14.5 Å². The second kappa shape index (κ2) is 9.15. The number of carbonyl (C=O) groups is 1. The smallest absolute Gasteiger partial charge is 0.247 e. The van der Waals surface area contributed by atoms with Gasteiger partial charge in [-0.1, -0.05) is 23.9 Å². The second-order valence-electron chi connectivity index (χ2n) is 7.97. The molecule has 0 saturated carbocycles. The quantitative estimate of drug-likeness (QED) is 0.641. The van der Waals surface area contributed by atoms with Crippen molar-refractivity contribution in [1.82, 2.24) is 0 Å². The number of amidine groups is 1. The summed E-state index contributed by atoms with van der Waals surface area (Å²) in [4.78, 5) is 21.8. The number of ether oxygens (including phenoxy) is 1. The summed E-state index contributed by atoms with van der Waals surface area (Å²) < 4.78 is 29.2. The van der Waals surface area contributed by atoms with Crippen LogP contribution in [0.3, 0.4) is 0 Å². The van der Waals surface area contributed by atoms with Crippen molar-refractivity contribution in [1.29, 1.82) is 0 Å². The van der Waals surface area contributed by atoms with Crippen LogP contribution in [0.25, 0.3) is 0 Å². The molecule has 4 rings (SSSR count). The van der Waals surface area contributed by atoms with Crippen LogP contribution in [0.15, 0.2) is 53.5 Å². The van der Waals surface area contributed by atoms with Crippen LogP contribution in [0.2, 0.25) is 0 Å². The zero-order valence-corrected chi connectivity index (χ0v) is 20.0. The van der Waals surface area contributed by atoms with Gasteiger partial charge >= 0.3 is 0 Å². The zero-order chi connectivity index (χ0) is 22.9. The highest BCUT2D eigenvalue weighted by molar-refractivity contribution is 8.15. The Morgan fingerprint density at radius 1 is 1.16 bits per heavy atom. The molecule has 0 spiro atoms. The molecule has 1 saturated heterocycles. The van der Waals surface area contributed by atoms with E-state index in [4.69, 9.17) is 9.73 Å². The Labute approximate surface area is 193 Å². The number of nitrogens with zero attached hydrogens (tertiary/aromatic N) is 3. The number of thioether (sulfide) groups is 1. The van der Waals surface area contributed by atoms with Crippen molar-refractivity contribution < 1.29 is 17.9 Å². The molecular formula is C23H27N3O4S2. The maximum absolute atomic E-state index is 13.4. The molecule has 0 N–H and O–H groups in total. The van der Waals surface area contributed by atoms with Crippen LogP contribution < -0.4 is 14.5 Å². The van der Waals surface area contributed by atoms with E-state index in [-0.39, 0.29) is 35.2 Å². The first-order valence-corrected chi connectivity index (χ1v) is 13.2. The normalized spacial score (nSPS) is 21.0. The molecule has 1 fully saturated rings. The van der Waals surface area contributed by atoms with Crippen LogP contribution in [0.5, 0.6) is 5.75 Å². The van der Waals surface area contributed by atoms with Gasteiger partial charge in [0.2, 0.25) is 5.91 Å². The molecule has 0 bridgehead atoms. The largest absolute Gasteiger partial charge is 0.497 e. The van der Waals surface area contributed by atoms with E-state index in [1.807, 2.05) is 67.3 Å². The molecule has 7 nitrogen and oxygen atoms in total. The van der Waals surface area contributed by atoms with Gasteiger partial charge in [0.25, 0.3) is 0 Å². The second-order valence-corrected chi connectivity index (χ2v) is 11.3. The monoisotopic (exact) mass is 473 g/mol. The number of anilines is 2. The molecule has 9 heteroatoms. The van der Waals surface area contributed by atoms with Crippen molar-refractivity contribution in [2.45, 2.75) is 25.1 Å². The van der Waals surface area contributed by atoms with Crippen LogP contribution in [0.4, 0.5) is 11.4 Å². The average molecular weight is 474 g/mol. The molecule has 0 aromatic heterocycles. The van der Waals surface area contributed by atoms with E-state index >= 15 is 0 Å². The highest BCUT2D eigenvalue weighted by Gasteiger charge is 2.44. The molecule has 2 aliphatic rings. The fourth-order valence-corrected chi connectivity index (χ4v) is 7.80. The highest BCUT2D eigenvalue weighted by atomic mass is 32.2. The van der Waals surface area contributed by atoms with Crippen LogP contribution in [0, 0.1) is 6.92 Å². The highest BCUT2D eigenvalue weighted by Crippen LogP contribution is 2.37. The predicted octanol–water partition coefficient (Wildman–Crippen LogP) is 3.13. The number of methoxy groups -OCH3 is 1. The minimum atomic E-state index is -3.05. The van der Waals surface area contributed by atoms with Gasteiger partial charge in [-0.2, -0.15) is 0 Å². The Kier molecular flexibility index (Phi) is 6.48. The van der Waals surface area contributed by atoms with Crippen LogP contribution in [-0.2, 0) is 14.6 Å². The molecule has 2 unspecified atom stereocenters. The molecule has 2 aromatic rings. The van der Waals surface area contributed by atoms with E-state index in [0.29, 0.717) is 11.7 Å². The van der Waals surface area contributed by atoms with Crippen LogP contribution in [0.1, 0.15) is 12.5 Å². The predicted molar refractivity (Wildman–Crippen MR) is 131 cm³/mol. The van der Waals surface area contributed by atoms with Gasteiger partial charge in [0.15, 0.2) is 15.0 Å². The van der Waals surface area contributed by atoms with E-state index in [1.165, 1.54) is 11.8 Å². The number of aliphatic imine (C=N–C) groups is 1. The van der Waals surface area contributed by atoms with E-state index < -0.39 is 9.84 Å². The fourth-order valence-electron chi connectivity index (χ4n) is 4.02. The fraction of sp³-hybridized carbons (Fsp3) is 0.391. The van der Waals surface area contributed by atoms with Crippen molar-refractivity contribution in [3.63, 3.8) is 0 Å². The number of fused-ring (bicyclic) bond motifs is 1. The van der Waals surface area contributed by atoms with E-state index in [2.05, 4.69) is 0 Å². The Bertz CT molecular complexity index is 1130. The van der Waals surface area contributed by atoms with Gasteiger partial charge in [-0.25, -0.2) is 8.42 Å². The van der Waals surface area contributed by atoms with Gasteiger partial charge in [-0.3, -0.25) is 9.79 Å². The number of hydrogen-bond donors (Lipinski definition) is 0. The van der Waals surface area contributed by atoms with Crippen LogP contribution in [-0.4, -0.2) is 62.5 Å². The SMILES string of the molecule is CCN(C(=O)CN(C1=NC2CS(=O)(=O)CC2S1)c1ccc(OC)cc1)c1cccc(C)c1. The molecule has 2 heterocycles. The van der Waals surface area contributed by atoms with Crippen molar-refractivity contribution in [3.8, 4) is 5.75 Å². The van der Waals surface area contributed by atoms with Crippen molar-refractivity contribution in [2.24, 2.45) is 4.99 Å². The summed E-state index contributed by atoms with van der Waals surface area (Å²) in [7, 11) is -1.44. The lowest BCUT2D eigenvalue weighted by molar-refractivity contribution is -0.117. The number of carbonyl (C=O) groups excluding carboxylic acids is 1. The first-order valence-electron chi connectivity index (χ1n) is 10.5. The van der Waals surface area contributed by atoms with Gasteiger partial charge in [0.05, 0.1) is 24.7 Å². The van der Waals surface area contributed by atoms with E-state index in [9.17, 15) is 13.2 Å². The van der Waals surface area contributed by atoms with Crippen molar-refractivity contribution >= 4 is 44.0 Å². The van der Waals surface area contributed by atoms with Gasteiger partial charge in [-0.15, -0.1) is 0 Å². The molecule has 2 aromatic carbocycles. The summed E-state index contributed by atoms with van der Waals surface area (Å²) in [5.41, 5.74) is 2.76. The Morgan fingerprint density at radius 2 is 1.91 bits per heavy atom. The van der Waals surface area contributed by atoms with Gasteiger partial charge in [-0.05, 0) is 55.8 Å². The molecule has 2 atom stereocenters. The Balaban J connectivity index is 1.63. The first-order chi connectivity index (χ1) is 15.3. The average Bonchev–Trinajstić information content (AvgIpc) is 3.26. The number of rotatable bonds is 6. The lowest BCUT2D eigenvalue weighted by atomic mass is 10.2. The maximum atomic E-state index is 13.4. The lowest BCUT2D eigenvalue weighted by Crippen LogP contribution is -2.42. The number of hydrogen-bond acceptors (Lipinski definition) is 7. The standard InChI is InChI=1S/C23H27N3O4S2/c1-4-25(18-7-5-6-16(2)12-18)22(27)13-26(17-8-10-19(30-3)11-9-17)23-24-20-14-32(28,29)15-21(20)31-23/h5-12,20-21H,4,13-15H2,1-3H3. The van der Waals surface area contributed by atoms with Gasteiger partial charge in [0.1, 0.15) is 12.3 Å². The zero-order valence-electron chi connectivity index (χ0n) is 18.4. The van der Waals surface area contributed by atoms with Crippen LogP contribution >= 0.6 is 11.8 Å². The summed E-state index contributed by atoms with van der Waals surface area (Å²) >= 11 is 1.45. The summed E-state index contributed by atoms with van der Waals surface area (Å²) in [5.74, 6) is 0.869. The number of aryl methyl sites for hydroxylation is 1. The molecule has 32 heavy (non-hydrogen) atoms. The topological polar surface area (TPSA) is 79.3 Å². The summed E-state index contributed by atoms with van der Waals surface area (Å²) in [5, 5.41) is 0.596. The third kappa shape index (κ3) is 4.78. The Hall–Kier alpha value is -2.52. The summed E-state index contributed by atoms with van der Waals surface area (Å²) in [6.07, 6.45) is 0. The third-order valence-corrected chi connectivity index (χ3v) is 8.89. The molecule has 0 aliphatic carbocycles. The molecule has 0 radical (unpaired) electrons. The van der Waals surface area contributed by atoms with Gasteiger partial charge in [0, 0.05) is 23.2 Å². The lowest BCUT2D eigenvalue weighted by Gasteiger charge is -2.28. The van der Waals surface area contributed by atoms with Crippen molar-refractivity contribution in [2.75, 3.05) is 41.5 Å². The number of likely N-dealkylation sites (N-methyl/N-ethyl adjacent to an activating group) is 1. The van der Waals surface area contributed by atoms with E-state index in [0.717, 1.165) is 22.7 Å². The molecular weight excluding hydrogens is 446 g/mol. The summed E-state index contributed by atoms with van der Waals surface area (Å²) in [6, 6.07) is 15.1. The molecule has 170 valence electrons. The molecule has 1 amide bonds. The molecule has 2 aliphatic heterocycles. The number of amides is 1. The minimum Gasteiger partial charge on any atom is -0.497 e. The van der Waals surface area contributed by atoms with E-state index in [1.54, 1.807) is 12.0 Å². The summed E-state index contributed by atoms with van der Waals surface area (Å²) in [6.45, 7) is 4.60. The first kappa shape index (κ1) is 22.7. The number of benzene rings is 2. The minimum absolute atomic E-state index is 0.0538. The maximum Gasteiger partial charge on any atom is 0.247 e. The Morgan fingerprint density at radius 3 is 2.53 bits per heavy atom. The third-order valence-electron chi connectivity index (χ3n) is 5.64. The van der Waals surface area contributed by atoms with Crippen molar-refractivity contribution in [3.05, 3.63) is 54.1 Å².